The number of carboxylic acids is 2. The predicted octanol–water partition coefficient (Wildman–Crippen LogP) is -1.93. The number of thioether (sulfide) groups is 1. The van der Waals surface area contributed by atoms with Gasteiger partial charge in [-0.05, 0) is 24.9 Å². The Morgan fingerprint density at radius 2 is 1.72 bits per heavy atom. The third-order valence-electron chi connectivity index (χ3n) is 4.32. The summed E-state index contributed by atoms with van der Waals surface area (Å²) < 4.78 is 0. The molecule has 14 heteroatoms. The normalized spacial score (nSPS) is 13.4. The number of hydrogen-bond acceptors (Lipinski definition) is 8. The molecular formula is C18H28N6O7S. The van der Waals surface area contributed by atoms with Crippen LogP contribution >= 0.6 is 11.8 Å². The number of carbonyl (C=O) groups is 5. The smallest absolute Gasteiger partial charge is 0.326 e. The van der Waals surface area contributed by atoms with Gasteiger partial charge in [-0.2, -0.15) is 11.8 Å². The highest BCUT2D eigenvalue weighted by atomic mass is 32.2. The third-order valence-corrected chi connectivity index (χ3v) is 4.97. The van der Waals surface area contributed by atoms with Crippen LogP contribution in [0, 0.1) is 0 Å². The molecule has 0 aliphatic carbocycles. The van der Waals surface area contributed by atoms with Crippen molar-refractivity contribution >= 4 is 41.4 Å². The molecule has 3 amide bonds. The average Bonchev–Trinajstić information content (AvgIpc) is 3.25. The van der Waals surface area contributed by atoms with Gasteiger partial charge in [0.15, 0.2) is 0 Å². The molecular weight excluding hydrogens is 444 g/mol. The lowest BCUT2D eigenvalue weighted by Gasteiger charge is -2.24. The number of carboxylic acid groups (broad SMARTS) is 2. The van der Waals surface area contributed by atoms with E-state index in [0.29, 0.717) is 11.4 Å². The first-order valence-electron chi connectivity index (χ1n) is 9.68. The highest BCUT2D eigenvalue weighted by molar-refractivity contribution is 7.98. The summed E-state index contributed by atoms with van der Waals surface area (Å²) >= 11 is 1.42. The summed E-state index contributed by atoms with van der Waals surface area (Å²) in [6, 6.07) is -3.58. The molecule has 0 aliphatic heterocycles. The van der Waals surface area contributed by atoms with E-state index in [2.05, 4.69) is 25.9 Å². The van der Waals surface area contributed by atoms with Crippen LogP contribution in [0.4, 0.5) is 0 Å². The second kappa shape index (κ2) is 14.0. The topological polar surface area (TPSA) is 217 Å². The highest BCUT2D eigenvalue weighted by Crippen LogP contribution is 2.06. The molecule has 0 aliphatic rings. The number of amides is 3. The van der Waals surface area contributed by atoms with Crippen LogP contribution in [0.1, 0.15) is 25.0 Å². The van der Waals surface area contributed by atoms with Crippen molar-refractivity contribution in [1.82, 2.24) is 25.9 Å². The minimum Gasteiger partial charge on any atom is -0.481 e. The fraction of sp³-hybridized carbons (Fsp3) is 0.556. The fourth-order valence-electron chi connectivity index (χ4n) is 2.65. The van der Waals surface area contributed by atoms with E-state index >= 15 is 0 Å². The second-order valence-corrected chi connectivity index (χ2v) is 7.77. The monoisotopic (exact) mass is 472 g/mol. The summed E-state index contributed by atoms with van der Waals surface area (Å²) in [5.74, 6) is -4.12. The van der Waals surface area contributed by atoms with Crippen LogP contribution in [-0.4, -0.2) is 86.5 Å². The summed E-state index contributed by atoms with van der Waals surface area (Å²) in [7, 11) is 0. The summed E-state index contributed by atoms with van der Waals surface area (Å²) in [6.45, 7) is -0.340. The van der Waals surface area contributed by atoms with Gasteiger partial charge in [0, 0.05) is 24.7 Å². The largest absolute Gasteiger partial charge is 0.481 e. The van der Waals surface area contributed by atoms with Crippen LogP contribution in [0.25, 0.3) is 0 Å². The molecule has 3 unspecified atom stereocenters. The summed E-state index contributed by atoms with van der Waals surface area (Å²) in [5, 5.41) is 25.3. The number of carbonyl (C=O) groups excluding carboxylic acids is 3. The molecule has 1 heterocycles. The van der Waals surface area contributed by atoms with E-state index in [4.69, 9.17) is 10.8 Å². The van der Waals surface area contributed by atoms with Gasteiger partial charge in [0.05, 0.1) is 12.9 Å². The van der Waals surface area contributed by atoms with Crippen molar-refractivity contribution < 1.29 is 34.2 Å². The average molecular weight is 473 g/mol. The summed E-state index contributed by atoms with van der Waals surface area (Å²) in [5.41, 5.74) is 5.88. The third kappa shape index (κ3) is 9.78. The molecule has 178 valence electrons. The minimum atomic E-state index is -1.43. The van der Waals surface area contributed by atoms with Gasteiger partial charge in [0.2, 0.25) is 17.7 Å². The van der Waals surface area contributed by atoms with Gasteiger partial charge in [-0.15, -0.1) is 0 Å². The lowest BCUT2D eigenvalue weighted by molar-refractivity contribution is -0.143. The molecule has 0 spiro atoms. The van der Waals surface area contributed by atoms with Crippen molar-refractivity contribution in [2.45, 2.75) is 43.8 Å². The molecule has 0 aromatic carbocycles. The lowest BCUT2D eigenvalue weighted by Crippen LogP contribution is -2.56. The van der Waals surface area contributed by atoms with E-state index in [1.165, 1.54) is 24.3 Å². The number of H-pyrrole nitrogens is 1. The first-order chi connectivity index (χ1) is 15.2. The minimum absolute atomic E-state index is 0.0603. The van der Waals surface area contributed by atoms with Crippen molar-refractivity contribution in [2.75, 3.05) is 18.6 Å². The molecule has 1 aromatic heterocycles. The Morgan fingerprint density at radius 3 is 2.25 bits per heavy atom. The lowest BCUT2D eigenvalue weighted by atomic mass is 10.1. The number of hydrogen-bond donors (Lipinski definition) is 7. The van der Waals surface area contributed by atoms with Gasteiger partial charge in [0.25, 0.3) is 0 Å². The standard InChI is InChI=1S/C18H28N6O7S/c1-32-5-4-11(16(28)24-12(18(30)31)2-3-15(26)27)23-17(29)13(22-14(25)7-19)6-10-8-20-9-21-10/h8-9,11-13H,2-7,19H2,1H3,(H,20,21)(H,22,25)(H,23,29)(H,24,28)(H,26,27)(H,30,31). The van der Waals surface area contributed by atoms with Gasteiger partial charge in [0.1, 0.15) is 18.1 Å². The summed E-state index contributed by atoms with van der Waals surface area (Å²) in [4.78, 5) is 66.1. The molecule has 0 fully saturated rings. The Bertz CT molecular complexity index is 789. The van der Waals surface area contributed by atoms with Crippen molar-refractivity contribution in [3.8, 4) is 0 Å². The fourth-order valence-corrected chi connectivity index (χ4v) is 3.12. The highest BCUT2D eigenvalue weighted by Gasteiger charge is 2.29. The number of aromatic nitrogens is 2. The molecule has 13 nitrogen and oxygen atoms in total. The maximum absolute atomic E-state index is 12.9. The van der Waals surface area contributed by atoms with E-state index in [1.54, 1.807) is 6.26 Å². The maximum Gasteiger partial charge on any atom is 0.326 e. The van der Waals surface area contributed by atoms with Crippen LogP contribution in [0.2, 0.25) is 0 Å². The molecule has 1 aromatic rings. The Balaban J connectivity index is 2.93. The molecule has 0 saturated heterocycles. The number of imidazole rings is 1. The number of nitrogens with two attached hydrogens (primary N) is 1. The van der Waals surface area contributed by atoms with Gasteiger partial charge in [-0.1, -0.05) is 0 Å². The molecule has 32 heavy (non-hydrogen) atoms. The predicted molar refractivity (Wildman–Crippen MR) is 115 cm³/mol. The van der Waals surface area contributed by atoms with Crippen molar-refractivity contribution in [3.05, 3.63) is 18.2 Å². The van der Waals surface area contributed by atoms with Crippen molar-refractivity contribution in [1.29, 1.82) is 0 Å². The van der Waals surface area contributed by atoms with E-state index in [1.807, 2.05) is 0 Å². The number of rotatable bonds is 15. The first kappa shape index (κ1) is 26.9. The van der Waals surface area contributed by atoms with Gasteiger partial charge >= 0.3 is 11.9 Å². The SMILES string of the molecule is CSCCC(NC(=O)C(Cc1cnc[nH]1)NC(=O)CN)C(=O)NC(CCC(=O)O)C(=O)O. The zero-order valence-electron chi connectivity index (χ0n) is 17.5. The van der Waals surface area contributed by atoms with Crippen molar-refractivity contribution in [2.24, 2.45) is 5.73 Å². The molecule has 0 radical (unpaired) electrons. The number of aromatic amines is 1. The first-order valence-corrected chi connectivity index (χ1v) is 11.1. The van der Waals surface area contributed by atoms with Gasteiger partial charge < -0.3 is 36.9 Å². The zero-order chi connectivity index (χ0) is 24.1. The van der Waals surface area contributed by atoms with E-state index < -0.39 is 54.2 Å². The maximum atomic E-state index is 12.9. The number of aliphatic carboxylic acids is 2. The Hall–Kier alpha value is -3.13. The summed E-state index contributed by atoms with van der Waals surface area (Å²) in [6.07, 6.45) is 4.17. The number of nitrogens with one attached hydrogen (secondary N) is 4. The van der Waals surface area contributed by atoms with Crippen LogP contribution < -0.4 is 21.7 Å². The van der Waals surface area contributed by atoms with E-state index in [0.717, 1.165) is 0 Å². The second-order valence-electron chi connectivity index (χ2n) is 6.78. The Kier molecular flexibility index (Phi) is 11.8. The Labute approximate surface area is 188 Å². The number of nitrogens with zero attached hydrogens (tertiary/aromatic N) is 1. The van der Waals surface area contributed by atoms with E-state index in [-0.39, 0.29) is 25.8 Å². The van der Waals surface area contributed by atoms with Crippen LogP contribution in [0.3, 0.4) is 0 Å². The van der Waals surface area contributed by atoms with E-state index in [9.17, 15) is 29.1 Å². The van der Waals surface area contributed by atoms with Gasteiger partial charge in [-0.25, -0.2) is 9.78 Å². The quantitative estimate of drug-likeness (QED) is 0.150. The zero-order valence-corrected chi connectivity index (χ0v) is 18.3. The molecule has 3 atom stereocenters. The van der Waals surface area contributed by atoms with Gasteiger partial charge in [-0.3, -0.25) is 19.2 Å². The molecule has 8 N–H and O–H groups in total. The molecule has 0 bridgehead atoms. The molecule has 0 saturated carbocycles. The Morgan fingerprint density at radius 1 is 1.06 bits per heavy atom. The van der Waals surface area contributed by atoms with Crippen LogP contribution in [0.15, 0.2) is 12.5 Å². The molecule has 1 rings (SSSR count). The van der Waals surface area contributed by atoms with Crippen molar-refractivity contribution in [3.63, 3.8) is 0 Å². The van der Waals surface area contributed by atoms with Crippen LogP contribution in [0.5, 0.6) is 0 Å². The van der Waals surface area contributed by atoms with Crippen LogP contribution in [-0.2, 0) is 30.4 Å².